The van der Waals surface area contributed by atoms with E-state index in [1.807, 2.05) is 13.0 Å². The van der Waals surface area contributed by atoms with E-state index in [9.17, 15) is 9.90 Å². The summed E-state index contributed by atoms with van der Waals surface area (Å²) in [4.78, 5) is 11.3. The highest BCUT2D eigenvalue weighted by molar-refractivity contribution is 7.12. The van der Waals surface area contributed by atoms with Crippen molar-refractivity contribution < 1.29 is 24.5 Å². The monoisotopic (exact) mass is 456 g/mol. The summed E-state index contributed by atoms with van der Waals surface area (Å²) in [6, 6.07) is 5.47. The summed E-state index contributed by atoms with van der Waals surface area (Å²) in [5.74, 6) is 5.57. The molecule has 1 aliphatic rings. The summed E-state index contributed by atoms with van der Waals surface area (Å²) in [7, 11) is 0. The first-order valence-electron chi connectivity index (χ1n) is 11.0. The van der Waals surface area contributed by atoms with Gasteiger partial charge in [0.15, 0.2) is 0 Å². The van der Waals surface area contributed by atoms with Crippen molar-refractivity contribution in [2.24, 2.45) is 0 Å². The zero-order valence-electron chi connectivity index (χ0n) is 19.4. The van der Waals surface area contributed by atoms with Crippen LogP contribution in [0.5, 0.6) is 5.75 Å². The lowest BCUT2D eigenvalue weighted by atomic mass is 9.62. The number of aliphatic hydroxyl groups is 1. The average Bonchev–Trinajstić information content (AvgIpc) is 3.22. The Kier molecular flexibility index (Phi) is 7.34. The molecule has 172 valence electrons. The largest absolute Gasteiger partial charge is 0.491 e. The van der Waals surface area contributed by atoms with E-state index in [0.717, 1.165) is 29.9 Å². The van der Waals surface area contributed by atoms with Gasteiger partial charge in [0.2, 0.25) is 0 Å². The van der Waals surface area contributed by atoms with Crippen molar-refractivity contribution in [3.63, 3.8) is 0 Å². The van der Waals surface area contributed by atoms with Gasteiger partial charge in [-0.15, -0.1) is 11.3 Å². The van der Waals surface area contributed by atoms with Crippen LogP contribution >= 0.6 is 11.3 Å². The van der Waals surface area contributed by atoms with Gasteiger partial charge in [0.25, 0.3) is 0 Å². The summed E-state index contributed by atoms with van der Waals surface area (Å²) < 4.78 is 11.6. The number of aromatic carboxylic acids is 1. The molecule has 5 nitrogen and oxygen atoms in total. The molecule has 1 atom stereocenters. The van der Waals surface area contributed by atoms with Gasteiger partial charge in [0.1, 0.15) is 23.3 Å². The molecule has 0 saturated carbocycles. The maximum Gasteiger partial charge on any atom is 0.345 e. The van der Waals surface area contributed by atoms with E-state index >= 15 is 0 Å². The minimum atomic E-state index is -1.01. The maximum absolute atomic E-state index is 11.1. The molecule has 2 N–H and O–H groups in total. The molecular weight excluding hydrogens is 424 g/mol. The van der Waals surface area contributed by atoms with Gasteiger partial charge < -0.3 is 19.7 Å². The van der Waals surface area contributed by atoms with Crippen LogP contribution in [-0.4, -0.2) is 36.0 Å². The molecule has 0 saturated heterocycles. The van der Waals surface area contributed by atoms with Gasteiger partial charge in [0, 0.05) is 23.1 Å². The molecule has 1 aliphatic carbocycles. The van der Waals surface area contributed by atoms with Crippen LogP contribution in [0.4, 0.5) is 0 Å². The average molecular weight is 457 g/mol. The molecule has 0 aliphatic heterocycles. The summed E-state index contributed by atoms with van der Waals surface area (Å²) in [6.07, 6.45) is 1.09. The number of hydrogen-bond donors (Lipinski definition) is 2. The second kappa shape index (κ2) is 9.66. The number of benzene rings is 1. The third-order valence-electron chi connectivity index (χ3n) is 6.07. The van der Waals surface area contributed by atoms with Gasteiger partial charge in [-0.05, 0) is 53.9 Å². The SMILES string of the molecule is CCOCCOc1cc(C(O)C#Cc2csc(C(=O)O)c2)cc2c1C(C)(C)CCC2(C)C. The topological polar surface area (TPSA) is 76.0 Å². The first-order valence-corrected chi connectivity index (χ1v) is 11.8. The van der Waals surface area contributed by atoms with E-state index in [1.54, 1.807) is 5.38 Å². The second-order valence-electron chi connectivity index (χ2n) is 9.43. The van der Waals surface area contributed by atoms with Gasteiger partial charge in [0.05, 0.1) is 6.61 Å². The Balaban J connectivity index is 1.99. The van der Waals surface area contributed by atoms with Crippen LogP contribution < -0.4 is 4.74 Å². The van der Waals surface area contributed by atoms with Crippen molar-refractivity contribution in [3.05, 3.63) is 50.7 Å². The van der Waals surface area contributed by atoms with Crippen molar-refractivity contribution in [2.75, 3.05) is 19.8 Å². The predicted octanol–water partition coefficient (Wildman–Crippen LogP) is 5.30. The third kappa shape index (κ3) is 5.35. The Morgan fingerprint density at radius 1 is 1.16 bits per heavy atom. The molecule has 0 amide bonds. The fraction of sp³-hybridized carbons (Fsp3) is 0.500. The Hall–Kier alpha value is -2.33. The Labute approximate surface area is 194 Å². The smallest absolute Gasteiger partial charge is 0.345 e. The first-order chi connectivity index (χ1) is 15.0. The minimum Gasteiger partial charge on any atom is -0.491 e. The summed E-state index contributed by atoms with van der Waals surface area (Å²) >= 11 is 1.12. The number of aliphatic hydroxyl groups excluding tert-OH is 1. The molecule has 0 spiro atoms. The molecule has 1 heterocycles. The van der Waals surface area contributed by atoms with Crippen LogP contribution in [0.1, 0.15) is 85.5 Å². The number of thiophene rings is 1. The van der Waals surface area contributed by atoms with Crippen LogP contribution in [0, 0.1) is 11.8 Å². The summed E-state index contributed by atoms with van der Waals surface area (Å²) in [5.41, 5.74) is 3.56. The summed E-state index contributed by atoms with van der Waals surface area (Å²) in [5, 5.41) is 21.6. The van der Waals surface area contributed by atoms with Gasteiger partial charge in [-0.3, -0.25) is 0 Å². The van der Waals surface area contributed by atoms with E-state index in [4.69, 9.17) is 14.6 Å². The van der Waals surface area contributed by atoms with E-state index in [0.29, 0.717) is 30.9 Å². The van der Waals surface area contributed by atoms with Crippen molar-refractivity contribution in [1.29, 1.82) is 0 Å². The van der Waals surface area contributed by atoms with Gasteiger partial charge in [-0.25, -0.2) is 4.79 Å². The van der Waals surface area contributed by atoms with E-state index in [2.05, 4.69) is 45.6 Å². The fourth-order valence-corrected chi connectivity index (χ4v) is 4.81. The zero-order valence-corrected chi connectivity index (χ0v) is 20.3. The molecule has 0 radical (unpaired) electrons. The maximum atomic E-state index is 11.1. The molecule has 6 heteroatoms. The van der Waals surface area contributed by atoms with Crippen molar-refractivity contribution in [3.8, 4) is 17.6 Å². The fourth-order valence-electron chi connectivity index (χ4n) is 4.13. The normalized spacial score (nSPS) is 17.1. The number of rotatable bonds is 7. The highest BCUT2D eigenvalue weighted by atomic mass is 32.1. The lowest BCUT2D eigenvalue weighted by Crippen LogP contribution is -2.34. The van der Waals surface area contributed by atoms with Crippen molar-refractivity contribution in [2.45, 2.75) is 64.4 Å². The van der Waals surface area contributed by atoms with Gasteiger partial charge in [-0.1, -0.05) is 45.6 Å². The number of carbonyl (C=O) groups is 1. The number of carboxylic acids is 1. The van der Waals surface area contributed by atoms with E-state index < -0.39 is 12.1 Å². The molecule has 0 bridgehead atoms. The van der Waals surface area contributed by atoms with Crippen LogP contribution in [-0.2, 0) is 15.6 Å². The number of fused-ring (bicyclic) bond motifs is 1. The minimum absolute atomic E-state index is 0.0368. The van der Waals surface area contributed by atoms with E-state index in [1.165, 1.54) is 17.2 Å². The predicted molar refractivity (Wildman–Crippen MR) is 127 cm³/mol. The summed E-state index contributed by atoms with van der Waals surface area (Å²) in [6.45, 7) is 12.5. The van der Waals surface area contributed by atoms with Crippen molar-refractivity contribution >= 4 is 17.3 Å². The van der Waals surface area contributed by atoms with Crippen LogP contribution in [0.15, 0.2) is 23.6 Å². The number of ether oxygens (including phenoxy) is 2. The quantitative estimate of drug-likeness (QED) is 0.437. The molecular formula is C26H32O5S. The van der Waals surface area contributed by atoms with Crippen molar-refractivity contribution in [1.82, 2.24) is 0 Å². The zero-order chi connectivity index (χ0) is 23.5. The third-order valence-corrected chi connectivity index (χ3v) is 6.99. The molecule has 3 rings (SSSR count). The number of carboxylic acid groups (broad SMARTS) is 1. The van der Waals surface area contributed by atoms with Crippen LogP contribution in [0.3, 0.4) is 0 Å². The Morgan fingerprint density at radius 3 is 2.53 bits per heavy atom. The standard InChI is InChI=1S/C26H32O5S/c1-6-30-11-12-31-21-15-18(14-19-23(21)26(4,5)10-9-25(19,2)3)20(27)8-7-17-13-22(24(28)29)32-16-17/h13-16,20,27H,6,9-12H2,1-5H3,(H,28,29). The second-order valence-corrected chi connectivity index (χ2v) is 10.3. The van der Waals surface area contributed by atoms with Gasteiger partial charge in [-0.2, -0.15) is 0 Å². The van der Waals surface area contributed by atoms with E-state index in [-0.39, 0.29) is 15.7 Å². The molecule has 1 unspecified atom stereocenters. The Bertz CT molecular complexity index is 1040. The molecule has 0 fully saturated rings. The molecule has 2 aromatic rings. The van der Waals surface area contributed by atoms with Crippen LogP contribution in [0.25, 0.3) is 0 Å². The highest BCUT2D eigenvalue weighted by Crippen LogP contribution is 2.50. The lowest BCUT2D eigenvalue weighted by molar-refractivity contribution is 0.0702. The number of hydrogen-bond acceptors (Lipinski definition) is 5. The highest BCUT2D eigenvalue weighted by Gasteiger charge is 2.40. The molecule has 32 heavy (non-hydrogen) atoms. The molecule has 1 aromatic carbocycles. The first kappa shape index (κ1) is 24.3. The van der Waals surface area contributed by atoms with Crippen LogP contribution in [0.2, 0.25) is 0 Å². The molecule has 1 aromatic heterocycles. The Morgan fingerprint density at radius 2 is 1.88 bits per heavy atom. The lowest BCUT2D eigenvalue weighted by Gasteiger charge is -2.43. The van der Waals surface area contributed by atoms with Gasteiger partial charge >= 0.3 is 5.97 Å².